The number of likely N-dealkylation sites (tertiary alicyclic amines) is 2. The molecule has 0 aromatic heterocycles. The van der Waals surface area contributed by atoms with Gasteiger partial charge in [-0.25, -0.2) is 0 Å². The fourth-order valence-corrected chi connectivity index (χ4v) is 7.48. The molecule has 2 saturated heterocycles. The molecular weight excluding hydrogens is 380 g/mol. The Balaban J connectivity index is 1.28. The Kier molecular flexibility index (Phi) is 7.99. The smallest absolute Gasteiger partial charge is 0.250 e. The lowest BCUT2D eigenvalue weighted by atomic mass is 9.78. The van der Waals surface area contributed by atoms with Crippen molar-refractivity contribution in [1.82, 2.24) is 9.80 Å². The van der Waals surface area contributed by atoms with Gasteiger partial charge in [-0.2, -0.15) is 0 Å². The molecular formula is C24H40N2O2S. The molecule has 3 aliphatic heterocycles. The lowest BCUT2D eigenvalue weighted by Crippen LogP contribution is -2.50. The van der Waals surface area contributed by atoms with Crippen LogP contribution in [0.4, 0.5) is 0 Å². The van der Waals surface area contributed by atoms with Crippen molar-refractivity contribution >= 4 is 17.7 Å². The largest absolute Gasteiger partial charge is 0.385 e. The average molecular weight is 421 g/mol. The van der Waals surface area contributed by atoms with Crippen molar-refractivity contribution in [1.29, 1.82) is 0 Å². The lowest BCUT2D eigenvalue weighted by Gasteiger charge is -2.44. The summed E-state index contributed by atoms with van der Waals surface area (Å²) in [4.78, 5) is 18.3. The van der Waals surface area contributed by atoms with E-state index in [1.165, 1.54) is 70.9 Å². The Hall–Kier alpha value is -0.520. The highest BCUT2D eigenvalue weighted by Crippen LogP contribution is 2.42. The zero-order chi connectivity index (χ0) is 20.1. The number of carbonyl (C=O) groups is 1. The maximum absolute atomic E-state index is 13.4. The van der Waals surface area contributed by atoms with Crippen molar-refractivity contribution in [2.24, 2.45) is 11.8 Å². The summed E-state index contributed by atoms with van der Waals surface area (Å²) in [6.45, 7) is 5.47. The Morgan fingerprint density at radius 2 is 1.83 bits per heavy atom. The minimum absolute atomic E-state index is 0.381. The summed E-state index contributed by atoms with van der Waals surface area (Å²) >= 11 is 1.96. The third-order valence-corrected chi connectivity index (χ3v) is 9.12. The molecule has 3 heterocycles. The van der Waals surface area contributed by atoms with Gasteiger partial charge >= 0.3 is 0 Å². The molecule has 29 heavy (non-hydrogen) atoms. The van der Waals surface area contributed by atoms with Crippen molar-refractivity contribution < 1.29 is 9.53 Å². The molecule has 1 saturated carbocycles. The number of ether oxygens (including phenoxy) is 1. The van der Waals surface area contributed by atoms with E-state index >= 15 is 0 Å². The predicted molar refractivity (Wildman–Crippen MR) is 121 cm³/mol. The van der Waals surface area contributed by atoms with Gasteiger partial charge in [-0.3, -0.25) is 4.79 Å². The van der Waals surface area contributed by atoms with Gasteiger partial charge in [-0.1, -0.05) is 12.8 Å². The third-order valence-electron chi connectivity index (χ3n) is 7.80. The summed E-state index contributed by atoms with van der Waals surface area (Å²) in [5.41, 5.74) is 1.12. The quantitative estimate of drug-likeness (QED) is 0.583. The number of nitrogens with zero attached hydrogens (tertiary/aromatic N) is 2. The molecule has 4 rings (SSSR count). The SMILES string of the molecule is COCCCN1CCCC(C2CC(C(=O)N3CCCC4CCCCC43)=CS2)CC1. The van der Waals surface area contributed by atoms with Gasteiger partial charge in [0.15, 0.2) is 0 Å². The van der Waals surface area contributed by atoms with Gasteiger partial charge in [0.05, 0.1) is 0 Å². The number of amides is 1. The molecule has 4 nitrogen and oxygen atoms in total. The molecule has 164 valence electrons. The molecule has 0 N–H and O–H groups in total. The van der Waals surface area contributed by atoms with Crippen LogP contribution in [0.5, 0.6) is 0 Å². The molecule has 3 fully saturated rings. The zero-order valence-electron chi connectivity index (χ0n) is 18.3. The minimum Gasteiger partial charge on any atom is -0.385 e. The number of hydrogen-bond acceptors (Lipinski definition) is 4. The van der Waals surface area contributed by atoms with Crippen LogP contribution in [-0.4, -0.2) is 66.9 Å². The minimum atomic E-state index is 0.381. The summed E-state index contributed by atoms with van der Waals surface area (Å²) in [5.74, 6) is 1.92. The van der Waals surface area contributed by atoms with Gasteiger partial charge in [0.2, 0.25) is 0 Å². The second-order valence-corrected chi connectivity index (χ2v) is 10.8. The lowest BCUT2D eigenvalue weighted by molar-refractivity contribution is -0.133. The third kappa shape index (κ3) is 5.40. The molecule has 1 aliphatic carbocycles. The maximum atomic E-state index is 13.4. The molecule has 5 heteroatoms. The zero-order valence-corrected chi connectivity index (χ0v) is 19.1. The van der Waals surface area contributed by atoms with Crippen LogP contribution in [0.3, 0.4) is 0 Å². The molecule has 0 spiro atoms. The van der Waals surface area contributed by atoms with Crippen LogP contribution in [0.25, 0.3) is 0 Å². The molecule has 4 atom stereocenters. The normalized spacial score (nSPS) is 33.8. The highest BCUT2D eigenvalue weighted by molar-refractivity contribution is 8.03. The van der Waals surface area contributed by atoms with Gasteiger partial charge in [0, 0.05) is 43.7 Å². The Morgan fingerprint density at radius 1 is 1.03 bits per heavy atom. The van der Waals surface area contributed by atoms with E-state index in [0.29, 0.717) is 17.2 Å². The summed E-state index contributed by atoms with van der Waals surface area (Å²) < 4.78 is 5.21. The number of thioether (sulfide) groups is 1. The van der Waals surface area contributed by atoms with E-state index in [9.17, 15) is 4.79 Å². The predicted octanol–water partition coefficient (Wildman–Crippen LogP) is 4.70. The highest BCUT2D eigenvalue weighted by Gasteiger charge is 2.38. The molecule has 4 aliphatic rings. The first-order valence-corrected chi connectivity index (χ1v) is 13.1. The fourth-order valence-electron chi connectivity index (χ4n) is 6.17. The van der Waals surface area contributed by atoms with E-state index in [-0.39, 0.29) is 0 Å². The molecule has 0 aromatic rings. The Bertz CT molecular complexity index is 579. The summed E-state index contributed by atoms with van der Waals surface area (Å²) in [6.07, 6.45) is 13.9. The number of hydrogen-bond donors (Lipinski definition) is 0. The number of methoxy groups -OCH3 is 1. The number of piperidine rings is 1. The molecule has 0 bridgehead atoms. The molecule has 4 unspecified atom stereocenters. The van der Waals surface area contributed by atoms with E-state index in [1.807, 2.05) is 11.8 Å². The van der Waals surface area contributed by atoms with Crippen LogP contribution in [-0.2, 0) is 9.53 Å². The van der Waals surface area contributed by atoms with E-state index in [2.05, 4.69) is 15.2 Å². The Morgan fingerprint density at radius 3 is 2.72 bits per heavy atom. The fraction of sp³-hybridized carbons (Fsp3) is 0.875. The van der Waals surface area contributed by atoms with Crippen molar-refractivity contribution in [2.45, 2.75) is 81.9 Å². The molecule has 0 aromatic carbocycles. The van der Waals surface area contributed by atoms with Gasteiger partial charge in [0.25, 0.3) is 5.91 Å². The van der Waals surface area contributed by atoms with Crippen LogP contribution in [0.1, 0.15) is 70.6 Å². The van der Waals surface area contributed by atoms with E-state index in [4.69, 9.17) is 4.74 Å². The van der Waals surface area contributed by atoms with Crippen molar-refractivity contribution in [2.75, 3.05) is 39.9 Å². The second-order valence-electron chi connectivity index (χ2n) is 9.65. The summed E-state index contributed by atoms with van der Waals surface area (Å²) in [7, 11) is 1.79. The van der Waals surface area contributed by atoms with Gasteiger partial charge in [0.1, 0.15) is 0 Å². The first kappa shape index (κ1) is 21.7. The summed E-state index contributed by atoms with van der Waals surface area (Å²) in [5, 5.41) is 2.86. The van der Waals surface area contributed by atoms with Crippen LogP contribution >= 0.6 is 11.8 Å². The number of fused-ring (bicyclic) bond motifs is 1. The van der Waals surface area contributed by atoms with E-state index in [0.717, 1.165) is 49.9 Å². The first-order chi connectivity index (χ1) is 14.3. The first-order valence-electron chi connectivity index (χ1n) is 12.1. The van der Waals surface area contributed by atoms with Crippen molar-refractivity contribution in [3.8, 4) is 0 Å². The van der Waals surface area contributed by atoms with Crippen molar-refractivity contribution in [3.63, 3.8) is 0 Å². The second kappa shape index (κ2) is 10.7. The van der Waals surface area contributed by atoms with Crippen LogP contribution in [0.2, 0.25) is 0 Å². The topological polar surface area (TPSA) is 32.8 Å². The van der Waals surface area contributed by atoms with Crippen LogP contribution in [0.15, 0.2) is 11.0 Å². The maximum Gasteiger partial charge on any atom is 0.250 e. The Labute approximate surface area is 181 Å². The van der Waals surface area contributed by atoms with Crippen LogP contribution < -0.4 is 0 Å². The average Bonchev–Trinajstić information content (AvgIpc) is 3.13. The van der Waals surface area contributed by atoms with Gasteiger partial charge < -0.3 is 14.5 Å². The van der Waals surface area contributed by atoms with Crippen molar-refractivity contribution in [3.05, 3.63) is 11.0 Å². The number of rotatable bonds is 6. The molecule has 1 amide bonds. The number of carbonyl (C=O) groups excluding carboxylic acids is 1. The van der Waals surface area contributed by atoms with E-state index in [1.54, 1.807) is 7.11 Å². The highest BCUT2D eigenvalue weighted by atomic mass is 32.2. The molecule has 0 radical (unpaired) electrons. The standard InChI is InChI=1S/C24H40N2O2S/c1-28-16-6-13-25-12-4-9-20(11-15-25)23-17-21(18-29-23)24(27)26-14-5-8-19-7-2-3-10-22(19)26/h18-20,22-23H,2-17H2,1H3. The van der Waals surface area contributed by atoms with Crippen LogP contribution in [0, 0.1) is 11.8 Å². The van der Waals surface area contributed by atoms with E-state index < -0.39 is 0 Å². The summed E-state index contributed by atoms with van der Waals surface area (Å²) in [6, 6.07) is 0.536. The monoisotopic (exact) mass is 420 g/mol. The van der Waals surface area contributed by atoms with Gasteiger partial charge in [-0.05, 0) is 88.1 Å². The van der Waals surface area contributed by atoms with Gasteiger partial charge in [-0.15, -0.1) is 11.8 Å².